The number of hydrogen-bond donors (Lipinski definition) is 1. The van der Waals surface area contributed by atoms with Gasteiger partial charge in [0.1, 0.15) is 0 Å². The van der Waals surface area contributed by atoms with Crippen LogP contribution in [0.3, 0.4) is 0 Å². The van der Waals surface area contributed by atoms with Gasteiger partial charge in [-0.05, 0) is 50.2 Å². The van der Waals surface area contributed by atoms with Crippen LogP contribution >= 0.6 is 0 Å². The first-order valence-electron chi connectivity index (χ1n) is 7.34. The van der Waals surface area contributed by atoms with Crippen molar-refractivity contribution in [2.75, 3.05) is 12.3 Å². The van der Waals surface area contributed by atoms with Crippen molar-refractivity contribution in [1.29, 1.82) is 0 Å². The van der Waals surface area contributed by atoms with Crippen LogP contribution in [0.4, 0.5) is 5.69 Å². The molecular weight excluding hydrogens is 234 g/mol. The third kappa shape index (κ3) is 2.92. The average molecular weight is 261 g/mol. The summed E-state index contributed by atoms with van der Waals surface area (Å²) in [6.45, 7) is 13.2. The van der Waals surface area contributed by atoms with E-state index >= 15 is 0 Å². The zero-order chi connectivity index (χ0) is 14.2. The van der Waals surface area contributed by atoms with Crippen LogP contribution in [0.2, 0.25) is 0 Å². The summed E-state index contributed by atoms with van der Waals surface area (Å²) in [5.41, 5.74) is 10.4. The number of piperidine rings is 1. The number of hydrogen-bond acceptors (Lipinski definition) is 3. The second-order valence-electron chi connectivity index (χ2n) is 6.41. The lowest BCUT2D eigenvalue weighted by molar-refractivity contribution is 0.0717. The van der Waals surface area contributed by atoms with Crippen LogP contribution in [0, 0.1) is 25.7 Å². The summed E-state index contributed by atoms with van der Waals surface area (Å²) in [7, 11) is 0. The van der Waals surface area contributed by atoms with E-state index in [4.69, 9.17) is 5.73 Å². The van der Waals surface area contributed by atoms with E-state index in [9.17, 15) is 0 Å². The summed E-state index contributed by atoms with van der Waals surface area (Å²) in [5, 5.41) is 0. The molecule has 1 fully saturated rings. The fourth-order valence-corrected chi connectivity index (χ4v) is 3.19. The summed E-state index contributed by atoms with van der Waals surface area (Å²) < 4.78 is 0. The zero-order valence-corrected chi connectivity index (χ0v) is 12.9. The highest BCUT2D eigenvalue weighted by Crippen LogP contribution is 2.29. The summed E-state index contributed by atoms with van der Waals surface area (Å²) in [5.74, 6) is 1.53. The minimum absolute atomic E-state index is 0.625. The van der Waals surface area contributed by atoms with E-state index in [0.29, 0.717) is 6.04 Å². The Morgan fingerprint density at radius 3 is 2.68 bits per heavy atom. The number of rotatable bonds is 2. The Bertz CT molecular complexity index is 456. The second kappa shape index (κ2) is 5.49. The normalized spacial score (nSPS) is 28.6. The molecule has 1 saturated heterocycles. The Balaban J connectivity index is 2.18. The van der Waals surface area contributed by atoms with Gasteiger partial charge in [-0.15, -0.1) is 0 Å². The molecule has 0 spiro atoms. The lowest BCUT2D eigenvalue weighted by Gasteiger charge is -2.41. The predicted octanol–water partition coefficient (Wildman–Crippen LogP) is 3.15. The molecule has 0 bridgehead atoms. The molecule has 106 valence electrons. The number of nitrogens with two attached hydrogens (primary N) is 1. The fourth-order valence-electron chi connectivity index (χ4n) is 3.19. The first-order chi connectivity index (χ1) is 8.90. The molecule has 2 N–H and O–H groups in total. The van der Waals surface area contributed by atoms with E-state index in [1.54, 1.807) is 0 Å². The molecule has 0 radical (unpaired) electrons. The van der Waals surface area contributed by atoms with Gasteiger partial charge < -0.3 is 5.73 Å². The van der Waals surface area contributed by atoms with Crippen molar-refractivity contribution in [1.82, 2.24) is 9.88 Å². The lowest BCUT2D eigenvalue weighted by Crippen LogP contribution is -2.45. The van der Waals surface area contributed by atoms with Gasteiger partial charge in [-0.1, -0.05) is 13.8 Å². The number of likely N-dealkylation sites (tertiary alicyclic amines) is 1. The van der Waals surface area contributed by atoms with E-state index in [-0.39, 0.29) is 0 Å². The minimum Gasteiger partial charge on any atom is -0.398 e. The second-order valence-corrected chi connectivity index (χ2v) is 6.41. The highest BCUT2D eigenvalue weighted by molar-refractivity contribution is 5.53. The molecule has 3 unspecified atom stereocenters. The maximum absolute atomic E-state index is 6.12. The summed E-state index contributed by atoms with van der Waals surface area (Å²) in [6.07, 6.45) is 3.24. The first-order valence-corrected chi connectivity index (χ1v) is 7.34. The van der Waals surface area contributed by atoms with Gasteiger partial charge in [-0.2, -0.15) is 0 Å². The van der Waals surface area contributed by atoms with E-state index in [1.165, 1.54) is 13.0 Å². The number of aromatic nitrogens is 1. The van der Waals surface area contributed by atoms with E-state index in [0.717, 1.165) is 40.9 Å². The summed E-state index contributed by atoms with van der Waals surface area (Å²) in [6, 6.07) is 0.625. The minimum atomic E-state index is 0.625. The molecule has 1 aliphatic heterocycles. The maximum atomic E-state index is 6.12. The molecule has 3 nitrogen and oxygen atoms in total. The molecule has 3 heteroatoms. The smallest absolute Gasteiger partial charge is 0.0593 e. The van der Waals surface area contributed by atoms with E-state index in [1.807, 2.05) is 13.1 Å². The Hall–Kier alpha value is -1.09. The van der Waals surface area contributed by atoms with Gasteiger partial charge in [0.2, 0.25) is 0 Å². The van der Waals surface area contributed by atoms with E-state index < -0.39 is 0 Å². The number of nitrogen functional groups attached to an aromatic ring is 1. The van der Waals surface area contributed by atoms with Crippen molar-refractivity contribution < 1.29 is 0 Å². The molecule has 3 atom stereocenters. The highest BCUT2D eigenvalue weighted by atomic mass is 15.2. The third-order valence-corrected chi connectivity index (χ3v) is 4.75. The van der Waals surface area contributed by atoms with Crippen LogP contribution < -0.4 is 5.73 Å². The van der Waals surface area contributed by atoms with Gasteiger partial charge in [0, 0.05) is 31.0 Å². The van der Waals surface area contributed by atoms with Crippen molar-refractivity contribution in [2.24, 2.45) is 11.8 Å². The Morgan fingerprint density at radius 1 is 1.32 bits per heavy atom. The summed E-state index contributed by atoms with van der Waals surface area (Å²) in [4.78, 5) is 7.15. The highest BCUT2D eigenvalue weighted by Gasteiger charge is 2.29. The molecule has 1 aromatic rings. The molecule has 2 rings (SSSR count). The number of aryl methyl sites for hydroxylation is 1. The first kappa shape index (κ1) is 14.3. The van der Waals surface area contributed by atoms with Crippen molar-refractivity contribution >= 4 is 5.69 Å². The van der Waals surface area contributed by atoms with Gasteiger partial charge in [0.25, 0.3) is 0 Å². The van der Waals surface area contributed by atoms with Crippen LogP contribution in [0.25, 0.3) is 0 Å². The quantitative estimate of drug-likeness (QED) is 0.889. The third-order valence-electron chi connectivity index (χ3n) is 4.75. The van der Waals surface area contributed by atoms with Crippen molar-refractivity contribution in [3.05, 3.63) is 23.0 Å². The number of anilines is 1. The maximum Gasteiger partial charge on any atom is 0.0593 e. The summed E-state index contributed by atoms with van der Waals surface area (Å²) >= 11 is 0. The van der Waals surface area contributed by atoms with Gasteiger partial charge >= 0.3 is 0 Å². The lowest BCUT2D eigenvalue weighted by atomic mass is 9.86. The van der Waals surface area contributed by atoms with Gasteiger partial charge in [-0.3, -0.25) is 9.88 Å². The molecule has 1 aliphatic rings. The van der Waals surface area contributed by atoms with Crippen LogP contribution in [0.5, 0.6) is 0 Å². The molecule has 1 aromatic heterocycles. The molecule has 0 aromatic carbocycles. The van der Waals surface area contributed by atoms with Crippen LogP contribution in [-0.2, 0) is 6.54 Å². The van der Waals surface area contributed by atoms with Gasteiger partial charge in [0.15, 0.2) is 0 Å². The molecule has 0 aliphatic carbocycles. The van der Waals surface area contributed by atoms with Gasteiger partial charge in [0.05, 0.1) is 5.69 Å². The topological polar surface area (TPSA) is 42.2 Å². The van der Waals surface area contributed by atoms with Crippen LogP contribution in [0.15, 0.2) is 6.20 Å². The Morgan fingerprint density at radius 2 is 2.00 bits per heavy atom. The molecule has 2 heterocycles. The van der Waals surface area contributed by atoms with Crippen LogP contribution in [-0.4, -0.2) is 22.5 Å². The number of nitrogens with zero attached hydrogens (tertiary/aromatic N) is 2. The molecule has 0 saturated carbocycles. The van der Waals surface area contributed by atoms with Crippen molar-refractivity contribution in [2.45, 2.75) is 53.6 Å². The van der Waals surface area contributed by atoms with Gasteiger partial charge in [-0.25, -0.2) is 0 Å². The average Bonchev–Trinajstić information content (AvgIpc) is 2.36. The SMILES string of the molecule is Cc1cnc(CN2CC(C)CC(C)C2C)c(C)c1N. The predicted molar refractivity (Wildman–Crippen MR) is 80.9 cm³/mol. The van der Waals surface area contributed by atoms with Crippen LogP contribution in [0.1, 0.15) is 44.0 Å². The van der Waals surface area contributed by atoms with Crippen molar-refractivity contribution in [3.63, 3.8) is 0 Å². The molecular formula is C16H27N3. The zero-order valence-electron chi connectivity index (χ0n) is 12.9. The monoisotopic (exact) mass is 261 g/mol. The Labute approximate surface area is 117 Å². The molecule has 19 heavy (non-hydrogen) atoms. The van der Waals surface area contributed by atoms with Crippen molar-refractivity contribution in [3.8, 4) is 0 Å². The fraction of sp³-hybridized carbons (Fsp3) is 0.688. The Kier molecular flexibility index (Phi) is 4.14. The number of pyridine rings is 1. The van der Waals surface area contributed by atoms with E-state index in [2.05, 4.69) is 37.6 Å². The standard InChI is InChI=1S/C16H27N3/c1-10-6-11(2)14(5)19(8-10)9-15-13(4)16(17)12(3)7-18-15/h7,10-11,14H,6,8-9H2,1-5H3,(H2,17,18). The largest absolute Gasteiger partial charge is 0.398 e. The molecule has 0 amide bonds.